The molecular formula is C32H53N3O4S. The van der Waals surface area contributed by atoms with Crippen molar-refractivity contribution in [3.05, 3.63) is 25.3 Å². The second-order valence-corrected chi connectivity index (χ2v) is 16.1. The number of carbonyl (C=O) groups excluding carboxylic acids is 3. The van der Waals surface area contributed by atoms with Gasteiger partial charge in [0, 0.05) is 43.6 Å². The van der Waals surface area contributed by atoms with Crippen LogP contribution in [-0.2, 0) is 14.4 Å². The molecule has 3 amide bonds. The molecular weight excluding hydrogens is 522 g/mol. The summed E-state index contributed by atoms with van der Waals surface area (Å²) in [6, 6.07) is -0.614. The maximum absolute atomic E-state index is 14.8. The average molecular weight is 576 g/mol. The Morgan fingerprint density at radius 3 is 2.25 bits per heavy atom. The average Bonchev–Trinajstić information content (AvgIpc) is 3.41. The fraction of sp³-hybridized carbons (Fsp3) is 0.781. The number of hydrogen-bond acceptors (Lipinski definition) is 5. The van der Waals surface area contributed by atoms with Gasteiger partial charge in [0.05, 0.1) is 16.6 Å². The molecule has 40 heavy (non-hydrogen) atoms. The summed E-state index contributed by atoms with van der Waals surface area (Å²) >= 11 is 1.73. The molecule has 3 fully saturated rings. The number of thioether (sulfide) groups is 1. The second kappa shape index (κ2) is 12.2. The highest BCUT2D eigenvalue weighted by molar-refractivity contribution is 8.02. The summed E-state index contributed by atoms with van der Waals surface area (Å²) in [6.07, 6.45) is 9.11. The predicted molar refractivity (Wildman–Crippen MR) is 164 cm³/mol. The SMILES string of the molecule is C=CCN(C)C(=O)[C@@H]1[C@H]2C(=O)N(CCCCCCO)C(C(=O)N(CC=C)C(C)(C)CC(C)(C)C)C23CC[C@@]1(C)S3. The smallest absolute Gasteiger partial charge is 0.247 e. The third-order valence-electron chi connectivity index (χ3n) is 9.13. The molecule has 3 heterocycles. The first-order chi connectivity index (χ1) is 18.6. The van der Waals surface area contributed by atoms with Gasteiger partial charge in [0.2, 0.25) is 17.7 Å². The molecule has 0 saturated carbocycles. The standard InChI is InChI=1S/C32H53N3O4S/c1-10-18-33(9)26(37)23-24-27(38)34(20-14-12-13-15-21-36)25(32(24)17-16-31(23,8)40-32)28(39)35(19-11-2)30(6,7)22-29(3,4)5/h10-11,23-25,36H,1-2,12-22H2,3-9H3/t23-,24-,25?,31+,32?/m0/s1. The second-order valence-electron chi connectivity index (χ2n) is 14.2. The maximum Gasteiger partial charge on any atom is 0.247 e. The lowest BCUT2D eigenvalue weighted by Gasteiger charge is -2.46. The highest BCUT2D eigenvalue weighted by Gasteiger charge is 2.77. The van der Waals surface area contributed by atoms with Crippen molar-refractivity contribution in [2.75, 3.05) is 33.3 Å². The summed E-state index contributed by atoms with van der Waals surface area (Å²) < 4.78 is -1.01. The number of unbranched alkanes of at least 4 members (excludes halogenated alkanes) is 3. The lowest BCUT2D eigenvalue weighted by molar-refractivity contribution is -0.147. The van der Waals surface area contributed by atoms with Crippen LogP contribution in [0.15, 0.2) is 25.3 Å². The zero-order valence-corrected chi connectivity index (χ0v) is 26.8. The fourth-order valence-corrected chi connectivity index (χ4v) is 10.2. The quantitative estimate of drug-likeness (QED) is 0.236. The topological polar surface area (TPSA) is 81.2 Å². The number of likely N-dealkylation sites (N-methyl/N-ethyl adjacent to an activating group) is 1. The number of carbonyl (C=O) groups is 3. The van der Waals surface area contributed by atoms with Crippen molar-refractivity contribution in [2.45, 2.75) is 108 Å². The van der Waals surface area contributed by atoms with E-state index in [1.54, 1.807) is 35.9 Å². The van der Waals surface area contributed by atoms with E-state index >= 15 is 0 Å². The van der Waals surface area contributed by atoms with Crippen molar-refractivity contribution in [2.24, 2.45) is 17.3 Å². The van der Waals surface area contributed by atoms with E-state index in [0.717, 1.165) is 44.9 Å². The van der Waals surface area contributed by atoms with Gasteiger partial charge < -0.3 is 19.8 Å². The van der Waals surface area contributed by atoms with E-state index < -0.39 is 28.2 Å². The van der Waals surface area contributed by atoms with Crippen LogP contribution in [0.3, 0.4) is 0 Å². The van der Waals surface area contributed by atoms with E-state index in [0.29, 0.717) is 19.6 Å². The van der Waals surface area contributed by atoms with Gasteiger partial charge in [-0.25, -0.2) is 0 Å². The minimum Gasteiger partial charge on any atom is -0.396 e. The van der Waals surface area contributed by atoms with Crippen LogP contribution in [0.4, 0.5) is 0 Å². The number of hydrogen-bond donors (Lipinski definition) is 1. The minimum atomic E-state index is -0.624. The summed E-state index contributed by atoms with van der Waals surface area (Å²) in [4.78, 5) is 48.5. The van der Waals surface area contributed by atoms with Crippen molar-refractivity contribution in [1.29, 1.82) is 0 Å². The molecule has 8 heteroatoms. The van der Waals surface area contributed by atoms with Crippen molar-refractivity contribution in [3.8, 4) is 0 Å². The Morgan fingerprint density at radius 1 is 1.05 bits per heavy atom. The Balaban J connectivity index is 2.06. The summed E-state index contributed by atoms with van der Waals surface area (Å²) in [6.45, 7) is 22.1. The van der Waals surface area contributed by atoms with Gasteiger partial charge in [-0.15, -0.1) is 24.9 Å². The van der Waals surface area contributed by atoms with Crippen LogP contribution in [0.1, 0.15) is 86.5 Å². The predicted octanol–water partition coefficient (Wildman–Crippen LogP) is 4.89. The highest BCUT2D eigenvalue weighted by Crippen LogP contribution is 2.71. The van der Waals surface area contributed by atoms with Crippen LogP contribution < -0.4 is 0 Å². The van der Waals surface area contributed by atoms with Crippen LogP contribution in [0.2, 0.25) is 0 Å². The van der Waals surface area contributed by atoms with Crippen molar-refractivity contribution < 1.29 is 19.5 Å². The van der Waals surface area contributed by atoms with Crippen molar-refractivity contribution in [3.63, 3.8) is 0 Å². The summed E-state index contributed by atoms with van der Waals surface area (Å²) in [7, 11) is 1.78. The van der Waals surface area contributed by atoms with Gasteiger partial charge in [-0.05, 0) is 58.3 Å². The van der Waals surface area contributed by atoms with E-state index in [1.807, 2.05) is 9.80 Å². The van der Waals surface area contributed by atoms with Crippen LogP contribution in [-0.4, -0.2) is 91.9 Å². The Morgan fingerprint density at radius 2 is 1.68 bits per heavy atom. The zero-order valence-electron chi connectivity index (χ0n) is 26.0. The number of aliphatic hydroxyl groups is 1. The molecule has 1 N–H and O–H groups in total. The molecule has 0 aromatic heterocycles. The first kappa shape index (κ1) is 32.7. The largest absolute Gasteiger partial charge is 0.396 e. The van der Waals surface area contributed by atoms with Gasteiger partial charge in [0.1, 0.15) is 6.04 Å². The number of amides is 3. The molecule has 0 aliphatic carbocycles. The Labute approximate surface area is 246 Å². The molecule has 7 nitrogen and oxygen atoms in total. The lowest BCUT2D eigenvalue weighted by atomic mass is 9.66. The van der Waals surface area contributed by atoms with E-state index in [1.165, 1.54) is 0 Å². The van der Waals surface area contributed by atoms with Gasteiger partial charge in [0.15, 0.2) is 0 Å². The molecule has 3 aliphatic heterocycles. The van der Waals surface area contributed by atoms with Crippen LogP contribution >= 0.6 is 11.8 Å². The number of nitrogens with zero attached hydrogens (tertiary/aromatic N) is 3. The Bertz CT molecular complexity index is 991. The molecule has 3 rings (SSSR count). The molecule has 3 saturated heterocycles. The first-order valence-electron chi connectivity index (χ1n) is 15.0. The van der Waals surface area contributed by atoms with Crippen LogP contribution in [0.25, 0.3) is 0 Å². The van der Waals surface area contributed by atoms with E-state index in [2.05, 4.69) is 54.7 Å². The first-order valence-corrected chi connectivity index (χ1v) is 15.8. The molecule has 0 radical (unpaired) electrons. The lowest BCUT2D eigenvalue weighted by Crippen LogP contribution is -2.60. The zero-order chi connectivity index (χ0) is 30.1. The summed E-state index contributed by atoms with van der Waals surface area (Å²) in [5.74, 6) is -1.08. The number of rotatable bonds is 14. The van der Waals surface area contributed by atoms with Crippen LogP contribution in [0.5, 0.6) is 0 Å². The molecule has 1 spiro atoms. The van der Waals surface area contributed by atoms with Gasteiger partial charge in [-0.2, -0.15) is 0 Å². The molecule has 0 aromatic carbocycles. The van der Waals surface area contributed by atoms with Gasteiger partial charge in [-0.1, -0.05) is 45.8 Å². The van der Waals surface area contributed by atoms with Gasteiger partial charge in [0.25, 0.3) is 0 Å². The number of likely N-dealkylation sites (tertiary alicyclic amines) is 1. The third-order valence-corrected chi connectivity index (χ3v) is 11.1. The number of fused-ring (bicyclic) bond motifs is 1. The normalized spacial score (nSPS) is 29.4. The molecule has 3 aliphatic rings. The summed E-state index contributed by atoms with van der Waals surface area (Å²) in [5.41, 5.74) is -0.443. The molecule has 0 aromatic rings. The molecule has 226 valence electrons. The van der Waals surface area contributed by atoms with Crippen molar-refractivity contribution >= 4 is 29.5 Å². The molecule has 2 bridgehead atoms. The monoisotopic (exact) mass is 575 g/mol. The van der Waals surface area contributed by atoms with Crippen molar-refractivity contribution in [1.82, 2.24) is 14.7 Å². The van der Waals surface area contributed by atoms with Gasteiger partial charge >= 0.3 is 0 Å². The molecule has 5 atom stereocenters. The summed E-state index contributed by atoms with van der Waals surface area (Å²) in [5, 5.41) is 9.20. The fourth-order valence-electron chi connectivity index (χ4n) is 7.90. The Kier molecular flexibility index (Phi) is 9.98. The van der Waals surface area contributed by atoms with Gasteiger partial charge in [-0.3, -0.25) is 14.4 Å². The third kappa shape index (κ3) is 6.04. The number of aliphatic hydroxyl groups excluding tert-OH is 1. The van der Waals surface area contributed by atoms with E-state index in [9.17, 15) is 19.5 Å². The maximum atomic E-state index is 14.8. The van der Waals surface area contributed by atoms with E-state index in [4.69, 9.17) is 0 Å². The minimum absolute atomic E-state index is 0.00318. The Hall–Kier alpha value is -1.80. The van der Waals surface area contributed by atoms with Crippen LogP contribution in [0, 0.1) is 17.3 Å². The van der Waals surface area contributed by atoms with E-state index in [-0.39, 0.29) is 34.5 Å². The molecule has 2 unspecified atom stereocenters. The highest BCUT2D eigenvalue weighted by atomic mass is 32.2.